The molecule has 1 N–H and O–H groups in total. The SMILES string of the molecule is CCCNC(c1c(F)cc(Br)cc1F)C(C)C. The predicted molar refractivity (Wildman–Crippen MR) is 69.9 cm³/mol. The van der Waals surface area contributed by atoms with Gasteiger partial charge in [-0.1, -0.05) is 36.7 Å². The molecule has 0 saturated heterocycles. The molecule has 1 aromatic carbocycles. The maximum Gasteiger partial charge on any atom is 0.132 e. The lowest BCUT2D eigenvalue weighted by atomic mass is 9.95. The van der Waals surface area contributed by atoms with Gasteiger partial charge in [0.25, 0.3) is 0 Å². The van der Waals surface area contributed by atoms with Gasteiger partial charge < -0.3 is 5.32 Å². The van der Waals surface area contributed by atoms with Crippen molar-refractivity contribution >= 4 is 15.9 Å². The van der Waals surface area contributed by atoms with Gasteiger partial charge in [-0.05, 0) is 31.0 Å². The second kappa shape index (κ2) is 6.45. The quantitative estimate of drug-likeness (QED) is 0.849. The molecular formula is C13H18BrF2N. The van der Waals surface area contributed by atoms with Crippen molar-refractivity contribution in [3.8, 4) is 0 Å². The summed E-state index contributed by atoms with van der Waals surface area (Å²) in [6, 6.07) is 2.33. The Bertz CT molecular complexity index is 357. The Hall–Kier alpha value is -0.480. The number of benzene rings is 1. The van der Waals surface area contributed by atoms with Gasteiger partial charge in [0.05, 0.1) is 0 Å². The summed E-state index contributed by atoms with van der Waals surface area (Å²) in [7, 11) is 0. The van der Waals surface area contributed by atoms with Gasteiger partial charge in [-0.15, -0.1) is 0 Å². The molecular weight excluding hydrogens is 288 g/mol. The highest BCUT2D eigenvalue weighted by Crippen LogP contribution is 2.29. The molecule has 1 atom stereocenters. The van der Waals surface area contributed by atoms with Crippen LogP contribution in [0.1, 0.15) is 38.8 Å². The second-order valence-electron chi connectivity index (χ2n) is 4.46. The van der Waals surface area contributed by atoms with Crippen molar-refractivity contribution in [1.29, 1.82) is 0 Å². The lowest BCUT2D eigenvalue weighted by Crippen LogP contribution is -2.28. The molecule has 17 heavy (non-hydrogen) atoms. The average Bonchev–Trinajstić information content (AvgIpc) is 2.20. The first-order chi connectivity index (χ1) is 7.97. The van der Waals surface area contributed by atoms with Gasteiger partial charge in [-0.25, -0.2) is 8.78 Å². The van der Waals surface area contributed by atoms with Crippen LogP contribution < -0.4 is 5.32 Å². The Kier molecular flexibility index (Phi) is 5.53. The van der Waals surface area contributed by atoms with Crippen molar-refractivity contribution in [2.24, 2.45) is 5.92 Å². The zero-order chi connectivity index (χ0) is 13.0. The molecule has 0 aromatic heterocycles. The van der Waals surface area contributed by atoms with Crippen molar-refractivity contribution in [3.05, 3.63) is 33.8 Å². The minimum atomic E-state index is -0.501. The molecule has 1 rings (SSSR count). The summed E-state index contributed by atoms with van der Waals surface area (Å²) in [5.74, 6) is -0.870. The van der Waals surface area contributed by atoms with E-state index in [-0.39, 0.29) is 17.5 Å². The summed E-state index contributed by atoms with van der Waals surface area (Å²) in [5, 5.41) is 3.19. The van der Waals surface area contributed by atoms with Crippen LogP contribution in [0.25, 0.3) is 0 Å². The Morgan fingerprint density at radius 1 is 1.24 bits per heavy atom. The normalized spacial score (nSPS) is 13.1. The van der Waals surface area contributed by atoms with Crippen molar-refractivity contribution < 1.29 is 8.78 Å². The number of hydrogen-bond acceptors (Lipinski definition) is 1. The van der Waals surface area contributed by atoms with Crippen molar-refractivity contribution in [3.63, 3.8) is 0 Å². The van der Waals surface area contributed by atoms with Crippen LogP contribution in [0.4, 0.5) is 8.78 Å². The zero-order valence-electron chi connectivity index (χ0n) is 10.4. The third kappa shape index (κ3) is 3.75. The molecule has 0 amide bonds. The first-order valence-corrected chi connectivity index (χ1v) is 6.64. The third-order valence-electron chi connectivity index (χ3n) is 2.64. The summed E-state index contributed by atoms with van der Waals surface area (Å²) in [6.07, 6.45) is 0.934. The van der Waals surface area contributed by atoms with E-state index in [4.69, 9.17) is 0 Å². The van der Waals surface area contributed by atoms with E-state index in [1.807, 2.05) is 20.8 Å². The summed E-state index contributed by atoms with van der Waals surface area (Å²) in [5.41, 5.74) is 0.136. The molecule has 4 heteroatoms. The Balaban J connectivity index is 3.09. The molecule has 0 saturated carbocycles. The molecule has 96 valence electrons. The fourth-order valence-electron chi connectivity index (χ4n) is 1.82. The maximum atomic E-state index is 13.8. The van der Waals surface area contributed by atoms with E-state index in [1.54, 1.807) is 0 Å². The van der Waals surface area contributed by atoms with E-state index in [0.717, 1.165) is 13.0 Å². The van der Waals surface area contributed by atoms with Crippen LogP contribution in [0.15, 0.2) is 16.6 Å². The summed E-state index contributed by atoms with van der Waals surface area (Å²) in [4.78, 5) is 0. The van der Waals surface area contributed by atoms with Crippen LogP contribution in [-0.4, -0.2) is 6.54 Å². The first kappa shape index (κ1) is 14.6. The number of rotatable bonds is 5. The lowest BCUT2D eigenvalue weighted by Gasteiger charge is -2.24. The highest BCUT2D eigenvalue weighted by molar-refractivity contribution is 9.10. The molecule has 1 nitrogen and oxygen atoms in total. The predicted octanol–water partition coefficient (Wildman–Crippen LogP) is 4.42. The first-order valence-electron chi connectivity index (χ1n) is 5.85. The van der Waals surface area contributed by atoms with Crippen LogP contribution in [0.2, 0.25) is 0 Å². The lowest BCUT2D eigenvalue weighted by molar-refractivity contribution is 0.381. The summed E-state index contributed by atoms with van der Waals surface area (Å²) >= 11 is 3.09. The molecule has 0 heterocycles. The summed E-state index contributed by atoms with van der Waals surface area (Å²) in [6.45, 7) is 6.68. The minimum absolute atomic E-state index is 0.131. The second-order valence-corrected chi connectivity index (χ2v) is 5.37. The Labute approximate surface area is 110 Å². The fourth-order valence-corrected chi connectivity index (χ4v) is 2.22. The molecule has 0 aliphatic rings. The molecule has 0 fully saturated rings. The van der Waals surface area contributed by atoms with E-state index < -0.39 is 11.6 Å². The van der Waals surface area contributed by atoms with Crippen LogP contribution in [0.5, 0.6) is 0 Å². The van der Waals surface area contributed by atoms with Gasteiger partial charge in [0.1, 0.15) is 11.6 Å². The number of hydrogen-bond donors (Lipinski definition) is 1. The largest absolute Gasteiger partial charge is 0.310 e. The van der Waals surface area contributed by atoms with Crippen LogP contribution in [0, 0.1) is 17.6 Å². The minimum Gasteiger partial charge on any atom is -0.310 e. The monoisotopic (exact) mass is 305 g/mol. The highest BCUT2D eigenvalue weighted by atomic mass is 79.9. The van der Waals surface area contributed by atoms with Gasteiger partial charge in [-0.3, -0.25) is 0 Å². The van der Waals surface area contributed by atoms with E-state index in [0.29, 0.717) is 4.47 Å². The van der Waals surface area contributed by atoms with Gasteiger partial charge in [-0.2, -0.15) is 0 Å². The molecule has 0 aliphatic heterocycles. The van der Waals surface area contributed by atoms with Crippen LogP contribution in [-0.2, 0) is 0 Å². The maximum absolute atomic E-state index is 13.8. The van der Waals surface area contributed by atoms with Crippen molar-refractivity contribution in [1.82, 2.24) is 5.32 Å². The molecule has 0 aliphatic carbocycles. The Morgan fingerprint density at radius 2 is 1.76 bits per heavy atom. The molecule has 0 spiro atoms. The van der Waals surface area contributed by atoms with Crippen molar-refractivity contribution in [2.75, 3.05) is 6.54 Å². The van der Waals surface area contributed by atoms with Gasteiger partial charge in [0, 0.05) is 16.1 Å². The van der Waals surface area contributed by atoms with Crippen LogP contribution >= 0.6 is 15.9 Å². The average molecular weight is 306 g/mol. The van der Waals surface area contributed by atoms with Crippen molar-refractivity contribution in [2.45, 2.75) is 33.2 Å². The Morgan fingerprint density at radius 3 is 2.18 bits per heavy atom. The number of halogens is 3. The van der Waals surface area contributed by atoms with E-state index >= 15 is 0 Å². The smallest absolute Gasteiger partial charge is 0.132 e. The third-order valence-corrected chi connectivity index (χ3v) is 3.09. The van der Waals surface area contributed by atoms with E-state index in [2.05, 4.69) is 21.2 Å². The van der Waals surface area contributed by atoms with E-state index in [1.165, 1.54) is 12.1 Å². The fraction of sp³-hybridized carbons (Fsp3) is 0.538. The molecule has 1 unspecified atom stereocenters. The number of nitrogens with one attached hydrogen (secondary N) is 1. The van der Waals surface area contributed by atoms with Crippen LogP contribution in [0.3, 0.4) is 0 Å². The zero-order valence-corrected chi connectivity index (χ0v) is 11.9. The molecule has 0 bridgehead atoms. The topological polar surface area (TPSA) is 12.0 Å². The summed E-state index contributed by atoms with van der Waals surface area (Å²) < 4.78 is 28.1. The van der Waals surface area contributed by atoms with Gasteiger partial charge in [0.2, 0.25) is 0 Å². The van der Waals surface area contributed by atoms with Gasteiger partial charge >= 0.3 is 0 Å². The van der Waals surface area contributed by atoms with Gasteiger partial charge in [0.15, 0.2) is 0 Å². The van der Waals surface area contributed by atoms with E-state index in [9.17, 15) is 8.78 Å². The highest BCUT2D eigenvalue weighted by Gasteiger charge is 2.23. The standard InChI is InChI=1S/C13H18BrF2N/c1-4-5-17-13(8(2)3)12-10(15)6-9(14)7-11(12)16/h6-8,13,17H,4-5H2,1-3H3. The molecule has 0 radical (unpaired) electrons. The molecule has 1 aromatic rings.